The predicted molar refractivity (Wildman–Crippen MR) is 77.7 cm³/mol. The lowest BCUT2D eigenvalue weighted by molar-refractivity contribution is 0.251. The number of nitrogens with zero attached hydrogens (tertiary/aromatic N) is 4. The van der Waals surface area contributed by atoms with Gasteiger partial charge in [0.25, 0.3) is 0 Å². The van der Waals surface area contributed by atoms with Gasteiger partial charge in [-0.15, -0.1) is 0 Å². The Morgan fingerprint density at radius 3 is 2.75 bits per heavy atom. The van der Waals surface area contributed by atoms with E-state index in [1.807, 2.05) is 38.6 Å². The van der Waals surface area contributed by atoms with Crippen molar-refractivity contribution >= 4 is 22.7 Å². The molecule has 0 spiro atoms. The number of amides is 2. The number of anilines is 1. The summed E-state index contributed by atoms with van der Waals surface area (Å²) in [5, 5.41) is 5.89. The van der Waals surface area contributed by atoms with Crippen LogP contribution >= 0.6 is 11.5 Å². The number of carbonyl (C=O) groups excluding carboxylic acids is 1. The van der Waals surface area contributed by atoms with E-state index in [9.17, 15) is 4.79 Å². The van der Waals surface area contributed by atoms with E-state index in [4.69, 9.17) is 0 Å². The van der Waals surface area contributed by atoms with Gasteiger partial charge in [0, 0.05) is 30.2 Å². The van der Waals surface area contributed by atoms with Gasteiger partial charge in [-0.2, -0.15) is 4.37 Å². The third-order valence-electron chi connectivity index (χ3n) is 2.51. The normalized spacial score (nSPS) is 11.4. The van der Waals surface area contributed by atoms with E-state index in [-0.39, 0.29) is 11.4 Å². The standard InChI is InChI=1S/C12H18N6OS/c1-12(2,3)9-15-11(20-17-9)16-10(19)13-5-8-6-18(4)7-14-8/h6-7H,5H2,1-4H3,(H2,13,15,16,17,19). The van der Waals surface area contributed by atoms with Gasteiger partial charge in [0.1, 0.15) is 5.82 Å². The van der Waals surface area contributed by atoms with E-state index in [0.717, 1.165) is 11.5 Å². The number of aromatic nitrogens is 4. The second-order valence-electron chi connectivity index (χ2n) is 5.51. The van der Waals surface area contributed by atoms with E-state index < -0.39 is 0 Å². The van der Waals surface area contributed by atoms with E-state index in [1.54, 1.807) is 6.33 Å². The molecule has 20 heavy (non-hydrogen) atoms. The summed E-state index contributed by atoms with van der Waals surface area (Å²) in [5.41, 5.74) is 0.677. The number of carbonyl (C=O) groups is 1. The molecule has 0 aliphatic carbocycles. The number of hydrogen-bond donors (Lipinski definition) is 2. The van der Waals surface area contributed by atoms with Gasteiger partial charge in [0.2, 0.25) is 5.13 Å². The highest BCUT2D eigenvalue weighted by Gasteiger charge is 2.20. The lowest BCUT2D eigenvalue weighted by atomic mass is 9.96. The Morgan fingerprint density at radius 1 is 1.45 bits per heavy atom. The highest BCUT2D eigenvalue weighted by atomic mass is 32.1. The number of urea groups is 1. The van der Waals surface area contributed by atoms with Gasteiger partial charge in [0.15, 0.2) is 0 Å². The average molecular weight is 294 g/mol. The van der Waals surface area contributed by atoms with Crippen LogP contribution in [-0.2, 0) is 19.0 Å². The second kappa shape index (κ2) is 5.58. The molecule has 0 atom stereocenters. The zero-order chi connectivity index (χ0) is 14.8. The summed E-state index contributed by atoms with van der Waals surface area (Å²) in [5.74, 6) is 0.725. The monoisotopic (exact) mass is 294 g/mol. The summed E-state index contributed by atoms with van der Waals surface area (Å²) in [7, 11) is 1.88. The Bertz CT molecular complexity index is 597. The Balaban J connectivity index is 1.87. The molecule has 2 aromatic heterocycles. The fraction of sp³-hybridized carbons (Fsp3) is 0.500. The first-order chi connectivity index (χ1) is 9.34. The molecule has 0 aliphatic rings. The Hall–Kier alpha value is -1.96. The SMILES string of the molecule is Cn1cnc(CNC(=O)Nc2nc(C(C)(C)C)ns2)c1. The van der Waals surface area contributed by atoms with Crippen molar-refractivity contribution in [2.75, 3.05) is 5.32 Å². The molecule has 2 heterocycles. The van der Waals surface area contributed by atoms with E-state index in [1.165, 1.54) is 11.5 Å². The van der Waals surface area contributed by atoms with Gasteiger partial charge < -0.3 is 9.88 Å². The van der Waals surface area contributed by atoms with Crippen molar-refractivity contribution in [3.05, 3.63) is 24.0 Å². The average Bonchev–Trinajstić information content (AvgIpc) is 2.95. The molecule has 0 radical (unpaired) electrons. The largest absolute Gasteiger partial charge is 0.340 e. The molecule has 2 aromatic rings. The van der Waals surface area contributed by atoms with Gasteiger partial charge in [0.05, 0.1) is 18.6 Å². The molecule has 0 bridgehead atoms. The topological polar surface area (TPSA) is 84.7 Å². The molecule has 0 saturated heterocycles. The molecule has 0 unspecified atom stereocenters. The van der Waals surface area contributed by atoms with Crippen molar-refractivity contribution in [2.45, 2.75) is 32.7 Å². The van der Waals surface area contributed by atoms with Crippen molar-refractivity contribution in [1.82, 2.24) is 24.2 Å². The smallest absolute Gasteiger partial charge is 0.321 e. The van der Waals surface area contributed by atoms with Crippen LogP contribution in [0.25, 0.3) is 0 Å². The third kappa shape index (κ3) is 3.77. The van der Waals surface area contributed by atoms with Crippen molar-refractivity contribution in [2.24, 2.45) is 7.05 Å². The van der Waals surface area contributed by atoms with Crippen molar-refractivity contribution < 1.29 is 4.79 Å². The fourth-order valence-corrected chi connectivity index (χ4v) is 2.20. The molecule has 0 aromatic carbocycles. The molecule has 8 heteroatoms. The first kappa shape index (κ1) is 14.4. The summed E-state index contributed by atoms with van der Waals surface area (Å²) >= 11 is 1.18. The number of nitrogens with one attached hydrogen (secondary N) is 2. The quantitative estimate of drug-likeness (QED) is 0.905. The first-order valence-corrected chi connectivity index (χ1v) is 6.98. The van der Waals surface area contributed by atoms with Crippen LogP contribution in [0.15, 0.2) is 12.5 Å². The van der Waals surface area contributed by atoms with E-state index in [0.29, 0.717) is 11.7 Å². The van der Waals surface area contributed by atoms with Crippen LogP contribution in [0.3, 0.4) is 0 Å². The zero-order valence-electron chi connectivity index (χ0n) is 12.0. The number of imidazole rings is 1. The summed E-state index contributed by atoms with van der Waals surface area (Å²) < 4.78 is 6.06. The molecule has 0 aliphatic heterocycles. The zero-order valence-corrected chi connectivity index (χ0v) is 12.8. The summed E-state index contributed by atoms with van der Waals surface area (Å²) in [6.07, 6.45) is 3.54. The van der Waals surface area contributed by atoms with E-state index >= 15 is 0 Å². The first-order valence-electron chi connectivity index (χ1n) is 6.20. The molecule has 0 saturated carbocycles. The van der Waals surface area contributed by atoms with Crippen LogP contribution in [0.1, 0.15) is 32.3 Å². The molecule has 2 N–H and O–H groups in total. The highest BCUT2D eigenvalue weighted by Crippen LogP contribution is 2.22. The maximum atomic E-state index is 11.7. The van der Waals surface area contributed by atoms with Gasteiger partial charge in [-0.1, -0.05) is 20.8 Å². The van der Waals surface area contributed by atoms with Gasteiger partial charge in [-0.3, -0.25) is 5.32 Å². The minimum Gasteiger partial charge on any atom is -0.340 e. The van der Waals surface area contributed by atoms with E-state index in [2.05, 4.69) is 25.0 Å². The number of aryl methyl sites for hydroxylation is 1. The lowest BCUT2D eigenvalue weighted by Gasteiger charge is -2.12. The van der Waals surface area contributed by atoms with Crippen molar-refractivity contribution in [1.29, 1.82) is 0 Å². The summed E-state index contributed by atoms with van der Waals surface area (Å²) in [6.45, 7) is 6.46. The van der Waals surface area contributed by atoms with Crippen LogP contribution in [0.4, 0.5) is 9.93 Å². The van der Waals surface area contributed by atoms with Crippen molar-refractivity contribution in [3.63, 3.8) is 0 Å². The van der Waals surface area contributed by atoms with Crippen LogP contribution in [-0.4, -0.2) is 24.9 Å². The molecule has 2 amide bonds. The van der Waals surface area contributed by atoms with Crippen LogP contribution < -0.4 is 10.6 Å². The highest BCUT2D eigenvalue weighted by molar-refractivity contribution is 7.09. The predicted octanol–water partition coefficient (Wildman–Crippen LogP) is 1.89. The third-order valence-corrected chi connectivity index (χ3v) is 3.14. The number of hydrogen-bond acceptors (Lipinski definition) is 5. The number of rotatable bonds is 3. The van der Waals surface area contributed by atoms with Gasteiger partial charge >= 0.3 is 6.03 Å². The molecule has 108 valence electrons. The molecular formula is C12H18N6OS. The van der Waals surface area contributed by atoms with Gasteiger partial charge in [-0.05, 0) is 0 Å². The van der Waals surface area contributed by atoms with Crippen molar-refractivity contribution in [3.8, 4) is 0 Å². The van der Waals surface area contributed by atoms with Crippen LogP contribution in [0, 0.1) is 0 Å². The molecule has 2 rings (SSSR count). The Kier molecular flexibility index (Phi) is 4.03. The van der Waals surface area contributed by atoms with Crippen LogP contribution in [0.5, 0.6) is 0 Å². The minimum atomic E-state index is -0.313. The Morgan fingerprint density at radius 2 is 2.20 bits per heavy atom. The maximum Gasteiger partial charge on any atom is 0.321 e. The molecule has 7 nitrogen and oxygen atoms in total. The summed E-state index contributed by atoms with van der Waals surface area (Å²) in [4.78, 5) is 20.2. The summed E-state index contributed by atoms with van der Waals surface area (Å²) in [6, 6.07) is -0.313. The Labute approximate surface area is 121 Å². The van der Waals surface area contributed by atoms with Gasteiger partial charge in [-0.25, -0.2) is 14.8 Å². The molecule has 0 fully saturated rings. The molecular weight excluding hydrogens is 276 g/mol. The van der Waals surface area contributed by atoms with Crippen LogP contribution in [0.2, 0.25) is 0 Å². The fourth-order valence-electron chi connectivity index (χ4n) is 1.45. The minimum absolute atomic E-state index is 0.124. The lowest BCUT2D eigenvalue weighted by Crippen LogP contribution is -2.28. The second-order valence-corrected chi connectivity index (χ2v) is 6.26. The maximum absolute atomic E-state index is 11.7.